The molecule has 8 atom stereocenters. The minimum atomic E-state index is -1.15. The van der Waals surface area contributed by atoms with Crippen LogP contribution in [-0.4, -0.2) is 77.9 Å². The quantitative estimate of drug-likeness (QED) is 0.188. The van der Waals surface area contributed by atoms with Crippen LogP contribution in [0.4, 0.5) is 0 Å². The third-order valence-electron chi connectivity index (χ3n) is 17.4. The number of likely N-dealkylation sites (N-methyl/N-ethyl adjacent to an activating group) is 1. The molecule has 8 heteroatoms. The predicted molar refractivity (Wildman–Crippen MR) is 212 cm³/mol. The smallest absolute Gasteiger partial charge is 0.309 e. The number of hydrogen-bond acceptors (Lipinski definition) is 6. The average Bonchev–Trinajstić information content (AvgIpc) is 3.83. The summed E-state index contributed by atoms with van der Waals surface area (Å²) in [5, 5.41) is 9.63. The molecule has 5 saturated carbocycles. The fourth-order valence-corrected chi connectivity index (χ4v) is 13.7. The third-order valence-corrected chi connectivity index (χ3v) is 17.4. The zero-order valence-corrected chi connectivity index (χ0v) is 35.9. The first-order valence-corrected chi connectivity index (χ1v) is 21.7. The van der Waals surface area contributed by atoms with E-state index in [0.717, 1.165) is 89.0 Å². The van der Waals surface area contributed by atoms with Crippen molar-refractivity contribution in [3.8, 4) is 0 Å². The lowest BCUT2D eigenvalue weighted by Crippen LogP contribution is -2.65. The highest BCUT2D eigenvalue weighted by Crippen LogP contribution is 2.77. The van der Waals surface area contributed by atoms with Gasteiger partial charge in [0.05, 0.1) is 11.8 Å². The lowest BCUT2D eigenvalue weighted by Gasteiger charge is -2.72. The summed E-state index contributed by atoms with van der Waals surface area (Å²) in [6, 6.07) is 0. The van der Waals surface area contributed by atoms with E-state index in [-0.39, 0.29) is 51.4 Å². The first-order valence-electron chi connectivity index (χ1n) is 21.7. The largest absolute Gasteiger partial charge is 0.481 e. The number of carboxylic acid groups (broad SMARTS) is 1. The maximum atomic E-state index is 14.2. The molecule has 0 spiro atoms. The van der Waals surface area contributed by atoms with Gasteiger partial charge in [-0.15, -0.1) is 0 Å². The van der Waals surface area contributed by atoms with E-state index in [4.69, 9.17) is 4.74 Å². The molecular formula is C46H74N2O6. The molecule has 0 aromatic carbocycles. The molecule has 6 aliphatic rings. The highest BCUT2D eigenvalue weighted by molar-refractivity contribution is 6.00. The molecule has 8 nitrogen and oxygen atoms in total. The summed E-state index contributed by atoms with van der Waals surface area (Å²) in [5.41, 5.74) is 1.63. The van der Waals surface area contributed by atoms with Crippen LogP contribution in [0, 0.1) is 62.1 Å². The Morgan fingerprint density at radius 1 is 0.870 bits per heavy atom. The molecule has 0 heterocycles. The van der Waals surface area contributed by atoms with E-state index in [2.05, 4.69) is 53.4 Å². The fraction of sp³-hybridized carbons (Fsp3) is 0.870. The SMILES string of the molecule is CC(=O)N(C)CCN(CC[C@@]12CC[C@]3(C)[C@H](CCC4[C@@]5(C)CC[C@H](OC(=O)CC(C)(C)C(=O)O)C(C)(C)C5CC[C@]43C)C1=C(C(C)C)C(=O)C2)CC1CC1. The second kappa shape index (κ2) is 14.3. The number of Topliss-reactive ketones (excluding diaryl/α,β-unsaturated/α-hetero) is 1. The van der Waals surface area contributed by atoms with Crippen LogP contribution in [0.3, 0.4) is 0 Å². The molecule has 6 rings (SSSR count). The number of carbonyl (C=O) groups excluding carboxylic acids is 3. The summed E-state index contributed by atoms with van der Waals surface area (Å²) >= 11 is 0. The maximum absolute atomic E-state index is 14.2. The van der Waals surface area contributed by atoms with Crippen LogP contribution in [0.1, 0.15) is 153 Å². The molecular weight excluding hydrogens is 677 g/mol. The number of ketones is 1. The lowest BCUT2D eigenvalue weighted by atomic mass is 9.33. The summed E-state index contributed by atoms with van der Waals surface area (Å²) < 4.78 is 6.20. The van der Waals surface area contributed by atoms with Crippen molar-refractivity contribution in [1.29, 1.82) is 0 Å². The van der Waals surface area contributed by atoms with Gasteiger partial charge in [-0.25, -0.2) is 0 Å². The molecule has 304 valence electrons. The number of carbonyl (C=O) groups is 4. The molecule has 1 N–H and O–H groups in total. The van der Waals surface area contributed by atoms with E-state index in [1.165, 1.54) is 19.3 Å². The van der Waals surface area contributed by atoms with Gasteiger partial charge in [0.25, 0.3) is 0 Å². The van der Waals surface area contributed by atoms with Crippen LogP contribution >= 0.6 is 0 Å². The minimum absolute atomic E-state index is 0.0570. The summed E-state index contributed by atoms with van der Waals surface area (Å²) in [6.07, 6.45) is 12.6. The monoisotopic (exact) mass is 751 g/mol. The number of nitrogens with zero attached hydrogens (tertiary/aromatic N) is 2. The Hall–Kier alpha value is -2.22. The maximum Gasteiger partial charge on any atom is 0.309 e. The highest BCUT2D eigenvalue weighted by atomic mass is 16.5. The summed E-state index contributed by atoms with van der Waals surface area (Å²) in [7, 11) is 1.90. The second-order valence-electron chi connectivity index (χ2n) is 21.6. The van der Waals surface area contributed by atoms with Crippen molar-refractivity contribution in [1.82, 2.24) is 9.80 Å². The molecule has 0 aromatic rings. The molecule has 54 heavy (non-hydrogen) atoms. The van der Waals surface area contributed by atoms with Crippen molar-refractivity contribution in [3.63, 3.8) is 0 Å². The number of amides is 1. The number of fused-ring (bicyclic) bond motifs is 7. The standard InChI is InChI=1S/C46H74N2O6/c1-29(2)38-33(50)26-46(22-23-48(28-31-12-13-31)25-24-47(11)30(3)49)21-20-44(9)32(39(38)46)14-15-35-43(8)18-17-36(54-37(51)27-41(4,5)40(52)53)42(6,7)34(43)16-19-45(35,44)10/h29,31-32,34-36H,12-28H2,1-11H3,(H,52,53)/t32-,34?,35?,36+,43+,44-,45-,46-/m1/s1. The number of esters is 1. The Kier molecular flexibility index (Phi) is 11.0. The minimum Gasteiger partial charge on any atom is -0.481 e. The van der Waals surface area contributed by atoms with Gasteiger partial charge in [0.2, 0.25) is 5.91 Å². The number of ether oxygens (including phenoxy) is 1. The van der Waals surface area contributed by atoms with Crippen LogP contribution in [0.15, 0.2) is 11.1 Å². The Balaban J connectivity index is 1.25. The van der Waals surface area contributed by atoms with Gasteiger partial charge in [0, 0.05) is 50.9 Å². The predicted octanol–water partition coefficient (Wildman–Crippen LogP) is 8.96. The van der Waals surface area contributed by atoms with Crippen LogP contribution in [0.5, 0.6) is 0 Å². The van der Waals surface area contributed by atoms with Gasteiger partial charge in [0.15, 0.2) is 5.78 Å². The van der Waals surface area contributed by atoms with Crippen molar-refractivity contribution in [3.05, 3.63) is 11.1 Å². The molecule has 6 aliphatic carbocycles. The summed E-state index contributed by atoms with van der Waals surface area (Å²) in [4.78, 5) is 55.6. The molecule has 5 fully saturated rings. The number of hydrogen-bond donors (Lipinski definition) is 1. The van der Waals surface area contributed by atoms with E-state index in [1.54, 1.807) is 26.3 Å². The van der Waals surface area contributed by atoms with Gasteiger partial charge in [-0.2, -0.15) is 0 Å². The molecule has 2 unspecified atom stereocenters. The third kappa shape index (κ3) is 6.93. The Labute approximate surface area is 327 Å². The Morgan fingerprint density at radius 3 is 2.17 bits per heavy atom. The van der Waals surface area contributed by atoms with E-state index in [1.807, 2.05) is 11.9 Å². The molecule has 0 radical (unpaired) electrons. The van der Waals surface area contributed by atoms with Crippen molar-refractivity contribution >= 4 is 23.6 Å². The van der Waals surface area contributed by atoms with Crippen LogP contribution < -0.4 is 0 Å². The summed E-state index contributed by atoms with van der Waals surface area (Å²) in [5.74, 6) is 1.50. The van der Waals surface area contributed by atoms with E-state index >= 15 is 0 Å². The van der Waals surface area contributed by atoms with Crippen LogP contribution in [0.2, 0.25) is 0 Å². The van der Waals surface area contributed by atoms with Gasteiger partial charge in [0.1, 0.15) is 6.10 Å². The van der Waals surface area contributed by atoms with Gasteiger partial charge in [-0.05, 0) is 142 Å². The topological polar surface area (TPSA) is 104 Å². The highest BCUT2D eigenvalue weighted by Gasteiger charge is 2.70. The van der Waals surface area contributed by atoms with Crippen molar-refractivity contribution in [2.24, 2.45) is 62.1 Å². The van der Waals surface area contributed by atoms with E-state index < -0.39 is 17.4 Å². The number of aliphatic carboxylic acids is 1. The fourth-order valence-electron chi connectivity index (χ4n) is 13.7. The Bertz CT molecular complexity index is 1540. The van der Waals surface area contributed by atoms with E-state index in [0.29, 0.717) is 30.0 Å². The molecule has 0 bridgehead atoms. The Morgan fingerprint density at radius 2 is 1.56 bits per heavy atom. The number of allylic oxidation sites excluding steroid dienone is 2. The summed E-state index contributed by atoms with van der Waals surface area (Å²) in [6.45, 7) is 25.5. The van der Waals surface area contributed by atoms with Crippen LogP contribution in [-0.2, 0) is 23.9 Å². The van der Waals surface area contributed by atoms with Gasteiger partial charge in [-0.1, -0.05) is 54.0 Å². The number of carboxylic acids is 1. The average molecular weight is 751 g/mol. The zero-order chi connectivity index (χ0) is 39.8. The van der Waals surface area contributed by atoms with Crippen molar-refractivity contribution < 1.29 is 29.0 Å². The lowest BCUT2D eigenvalue weighted by molar-refractivity contribution is -0.233. The second-order valence-corrected chi connectivity index (χ2v) is 21.6. The van der Waals surface area contributed by atoms with Crippen LogP contribution in [0.25, 0.3) is 0 Å². The molecule has 0 saturated heterocycles. The van der Waals surface area contributed by atoms with E-state index in [9.17, 15) is 24.3 Å². The first kappa shape index (κ1) is 41.4. The molecule has 1 amide bonds. The normalized spacial score (nSPS) is 37.4. The van der Waals surface area contributed by atoms with Crippen molar-refractivity contribution in [2.75, 3.05) is 33.2 Å². The zero-order valence-electron chi connectivity index (χ0n) is 35.9. The number of rotatable bonds is 13. The molecule has 0 aromatic heterocycles. The van der Waals surface area contributed by atoms with Gasteiger partial charge < -0.3 is 19.6 Å². The molecule has 0 aliphatic heterocycles. The van der Waals surface area contributed by atoms with Crippen molar-refractivity contribution in [2.45, 2.75) is 159 Å². The first-order chi connectivity index (χ1) is 25.0. The van der Waals surface area contributed by atoms with Gasteiger partial charge in [-0.3, -0.25) is 19.2 Å². The van der Waals surface area contributed by atoms with Gasteiger partial charge >= 0.3 is 11.9 Å².